The van der Waals surface area contributed by atoms with Crippen molar-refractivity contribution in [2.75, 3.05) is 18.0 Å². The van der Waals surface area contributed by atoms with Crippen LogP contribution in [0.25, 0.3) is 0 Å². The average Bonchev–Trinajstić information content (AvgIpc) is 2.37. The smallest absolute Gasteiger partial charge is 0.150 e. The van der Waals surface area contributed by atoms with E-state index in [1.165, 1.54) is 17.7 Å². The summed E-state index contributed by atoms with van der Waals surface area (Å²) in [6, 6.07) is 4.49. The Morgan fingerprint density at radius 1 is 1.26 bits per heavy atom. The molecule has 19 heavy (non-hydrogen) atoms. The van der Waals surface area contributed by atoms with Crippen LogP contribution >= 0.6 is 0 Å². The molecule has 1 aromatic carbocycles. The maximum atomic E-state index is 13.4. The minimum Gasteiger partial charge on any atom is -0.367 e. The zero-order valence-corrected chi connectivity index (χ0v) is 11.7. The summed E-state index contributed by atoms with van der Waals surface area (Å²) < 4.78 is 13.4. The van der Waals surface area contributed by atoms with Crippen molar-refractivity contribution in [3.05, 3.63) is 41.2 Å². The molecular formula is C16H20FNO. The van der Waals surface area contributed by atoms with Crippen molar-refractivity contribution in [3.8, 4) is 0 Å². The van der Waals surface area contributed by atoms with Crippen LogP contribution in [-0.4, -0.2) is 19.4 Å². The van der Waals surface area contributed by atoms with Gasteiger partial charge in [-0.05, 0) is 30.0 Å². The molecule has 0 spiro atoms. The molecule has 2 nitrogen and oxygen atoms in total. The first-order chi connectivity index (χ1) is 8.90. The molecule has 2 rings (SSSR count). The van der Waals surface area contributed by atoms with Crippen molar-refractivity contribution in [2.45, 2.75) is 27.2 Å². The lowest BCUT2D eigenvalue weighted by molar-refractivity contribution is 0.112. The Morgan fingerprint density at radius 2 is 2.00 bits per heavy atom. The first-order valence-electron chi connectivity index (χ1n) is 6.60. The molecule has 3 heteroatoms. The monoisotopic (exact) mass is 261 g/mol. The van der Waals surface area contributed by atoms with Crippen molar-refractivity contribution < 1.29 is 9.18 Å². The first kappa shape index (κ1) is 13.8. The van der Waals surface area contributed by atoms with E-state index in [0.717, 1.165) is 25.2 Å². The van der Waals surface area contributed by atoms with Crippen LogP contribution in [0.3, 0.4) is 0 Å². The van der Waals surface area contributed by atoms with E-state index >= 15 is 0 Å². The number of halogens is 1. The zero-order valence-electron chi connectivity index (χ0n) is 11.7. The van der Waals surface area contributed by atoms with Crippen LogP contribution in [0.4, 0.5) is 10.1 Å². The largest absolute Gasteiger partial charge is 0.367 e. The van der Waals surface area contributed by atoms with Crippen molar-refractivity contribution in [2.24, 2.45) is 5.41 Å². The van der Waals surface area contributed by atoms with E-state index in [1.54, 1.807) is 6.07 Å². The van der Waals surface area contributed by atoms with E-state index in [9.17, 15) is 9.18 Å². The van der Waals surface area contributed by atoms with Gasteiger partial charge in [-0.25, -0.2) is 4.39 Å². The lowest BCUT2D eigenvalue weighted by Gasteiger charge is -2.33. The molecule has 0 saturated carbocycles. The average molecular weight is 261 g/mol. The molecule has 1 aliphatic rings. The molecule has 0 unspecified atom stereocenters. The van der Waals surface area contributed by atoms with Gasteiger partial charge in [0.1, 0.15) is 12.1 Å². The second kappa shape index (κ2) is 5.16. The van der Waals surface area contributed by atoms with Gasteiger partial charge >= 0.3 is 0 Å². The Bertz CT molecular complexity index is 514. The Balaban J connectivity index is 2.20. The van der Waals surface area contributed by atoms with Crippen LogP contribution in [0.5, 0.6) is 0 Å². The Kier molecular flexibility index (Phi) is 3.74. The fraction of sp³-hybridized carbons (Fsp3) is 0.438. The topological polar surface area (TPSA) is 20.3 Å². The van der Waals surface area contributed by atoms with Crippen molar-refractivity contribution in [3.63, 3.8) is 0 Å². The molecule has 0 fully saturated rings. The summed E-state index contributed by atoms with van der Waals surface area (Å²) in [5, 5.41) is 0. The highest BCUT2D eigenvalue weighted by atomic mass is 19.1. The molecule has 0 aromatic heterocycles. The van der Waals surface area contributed by atoms with Crippen LogP contribution in [0, 0.1) is 11.2 Å². The highest BCUT2D eigenvalue weighted by molar-refractivity contribution is 5.77. The summed E-state index contributed by atoms with van der Waals surface area (Å²) in [5.41, 5.74) is 2.81. The summed E-state index contributed by atoms with van der Waals surface area (Å²) >= 11 is 0. The normalized spacial score (nSPS) is 16.2. The van der Waals surface area contributed by atoms with Crippen LogP contribution < -0.4 is 4.90 Å². The fourth-order valence-corrected chi connectivity index (χ4v) is 2.43. The van der Waals surface area contributed by atoms with Crippen LogP contribution in [-0.2, 0) is 0 Å². The van der Waals surface area contributed by atoms with E-state index in [-0.39, 0.29) is 11.2 Å². The summed E-state index contributed by atoms with van der Waals surface area (Å²) in [5.74, 6) is -0.356. The molecule has 1 aliphatic heterocycles. The first-order valence-corrected chi connectivity index (χ1v) is 6.60. The van der Waals surface area contributed by atoms with Gasteiger partial charge in [0.15, 0.2) is 0 Å². The number of hydrogen-bond donors (Lipinski definition) is 0. The maximum absolute atomic E-state index is 13.4. The van der Waals surface area contributed by atoms with Gasteiger partial charge in [0.25, 0.3) is 0 Å². The second-order valence-corrected chi connectivity index (χ2v) is 6.04. The molecule has 0 radical (unpaired) electrons. The number of rotatable bonds is 2. The molecule has 0 aliphatic carbocycles. The maximum Gasteiger partial charge on any atom is 0.150 e. The van der Waals surface area contributed by atoms with Crippen molar-refractivity contribution in [1.29, 1.82) is 0 Å². The Hall–Kier alpha value is -1.64. The highest BCUT2D eigenvalue weighted by Gasteiger charge is 2.21. The number of carbonyl (C=O) groups excluding carboxylic acids is 1. The zero-order chi connectivity index (χ0) is 14.0. The SMILES string of the molecule is CC(C)(C)C1=CCN(c2cc(F)cc(C=O)c2)CC1. The molecule has 0 bridgehead atoms. The molecule has 1 aromatic rings. The number of carbonyl (C=O) groups is 1. The molecule has 0 N–H and O–H groups in total. The molecular weight excluding hydrogens is 241 g/mol. The molecule has 0 saturated heterocycles. The Labute approximate surface area is 113 Å². The van der Waals surface area contributed by atoms with Crippen LogP contribution in [0.1, 0.15) is 37.6 Å². The molecule has 0 atom stereocenters. The van der Waals surface area contributed by atoms with Gasteiger partial charge < -0.3 is 4.90 Å². The van der Waals surface area contributed by atoms with Gasteiger partial charge in [-0.1, -0.05) is 32.4 Å². The minimum atomic E-state index is -0.356. The van der Waals surface area contributed by atoms with Crippen molar-refractivity contribution >= 4 is 12.0 Å². The van der Waals surface area contributed by atoms with Gasteiger partial charge in [-0.3, -0.25) is 4.79 Å². The van der Waals surface area contributed by atoms with Gasteiger partial charge in [-0.2, -0.15) is 0 Å². The highest BCUT2D eigenvalue weighted by Crippen LogP contribution is 2.31. The number of aldehydes is 1. The molecule has 102 valence electrons. The quantitative estimate of drug-likeness (QED) is 0.596. The van der Waals surface area contributed by atoms with E-state index in [0.29, 0.717) is 11.8 Å². The predicted octanol–water partition coefficient (Wildman–Crippen LogP) is 3.82. The van der Waals surface area contributed by atoms with E-state index in [1.807, 2.05) is 0 Å². The van der Waals surface area contributed by atoms with E-state index < -0.39 is 0 Å². The number of nitrogens with zero attached hydrogens (tertiary/aromatic N) is 1. The van der Waals surface area contributed by atoms with E-state index in [2.05, 4.69) is 31.7 Å². The van der Waals surface area contributed by atoms with Crippen molar-refractivity contribution in [1.82, 2.24) is 0 Å². The third-order valence-electron chi connectivity index (χ3n) is 3.58. The molecule has 1 heterocycles. The van der Waals surface area contributed by atoms with Gasteiger partial charge in [0.05, 0.1) is 0 Å². The fourth-order valence-electron chi connectivity index (χ4n) is 2.43. The second-order valence-electron chi connectivity index (χ2n) is 6.04. The third kappa shape index (κ3) is 3.22. The lowest BCUT2D eigenvalue weighted by atomic mass is 9.83. The summed E-state index contributed by atoms with van der Waals surface area (Å²) in [6.45, 7) is 8.27. The number of benzene rings is 1. The van der Waals surface area contributed by atoms with Gasteiger partial charge in [-0.15, -0.1) is 0 Å². The van der Waals surface area contributed by atoms with Gasteiger partial charge in [0.2, 0.25) is 0 Å². The van der Waals surface area contributed by atoms with Gasteiger partial charge in [0, 0.05) is 24.3 Å². The summed E-state index contributed by atoms with van der Waals surface area (Å²) in [4.78, 5) is 12.9. The summed E-state index contributed by atoms with van der Waals surface area (Å²) in [7, 11) is 0. The lowest BCUT2D eigenvalue weighted by Crippen LogP contribution is -2.31. The predicted molar refractivity (Wildman–Crippen MR) is 76.2 cm³/mol. The van der Waals surface area contributed by atoms with Crippen LogP contribution in [0.15, 0.2) is 29.8 Å². The summed E-state index contributed by atoms with van der Waals surface area (Å²) in [6.07, 6.45) is 3.89. The van der Waals surface area contributed by atoms with Crippen LogP contribution in [0.2, 0.25) is 0 Å². The minimum absolute atomic E-state index is 0.196. The Morgan fingerprint density at radius 3 is 2.53 bits per heavy atom. The van der Waals surface area contributed by atoms with E-state index in [4.69, 9.17) is 0 Å². The molecule has 0 amide bonds. The number of hydrogen-bond acceptors (Lipinski definition) is 2. The third-order valence-corrected chi connectivity index (χ3v) is 3.58. The number of anilines is 1. The standard InChI is InChI=1S/C16H20FNO/c1-16(2,3)13-4-6-18(7-5-13)15-9-12(11-19)8-14(17)10-15/h4,8-11H,5-7H2,1-3H3.